The third-order valence-electron chi connectivity index (χ3n) is 2.50. The topological polar surface area (TPSA) is 79.3 Å². The fourth-order valence-electron chi connectivity index (χ4n) is 1.49. The van der Waals surface area contributed by atoms with Gasteiger partial charge in [0.2, 0.25) is 5.91 Å². The van der Waals surface area contributed by atoms with Crippen LogP contribution in [0.5, 0.6) is 0 Å². The number of aromatic carboxylic acids is 1. The van der Waals surface area contributed by atoms with Crippen LogP contribution in [0.4, 0.5) is 4.39 Å². The van der Waals surface area contributed by atoms with Gasteiger partial charge >= 0.3 is 5.97 Å². The van der Waals surface area contributed by atoms with E-state index in [0.717, 1.165) is 11.3 Å². The number of carboxylic acid groups (broad SMARTS) is 1. The Morgan fingerprint density at radius 3 is 2.81 bits per heavy atom. The number of nitrogens with zero attached hydrogens (tertiary/aromatic N) is 1. The summed E-state index contributed by atoms with van der Waals surface area (Å²) in [6.07, 6.45) is 2.58. The van der Waals surface area contributed by atoms with Gasteiger partial charge in [-0.2, -0.15) is 0 Å². The second-order valence-corrected chi connectivity index (χ2v) is 4.95. The molecule has 0 aliphatic rings. The summed E-state index contributed by atoms with van der Waals surface area (Å²) in [5.41, 5.74) is 0.265. The smallest absolute Gasteiger partial charge is 0.355 e. The molecule has 2 aromatic rings. The maximum Gasteiger partial charge on any atom is 0.355 e. The molecule has 2 N–H and O–H groups in total. The lowest BCUT2D eigenvalue weighted by atomic mass is 10.2. The zero-order valence-corrected chi connectivity index (χ0v) is 11.6. The Hall–Kier alpha value is -2.54. The minimum absolute atomic E-state index is 0.0499. The molecule has 1 amide bonds. The third-order valence-corrected chi connectivity index (χ3v) is 3.35. The molecule has 0 spiro atoms. The first-order chi connectivity index (χ1) is 10.1. The molecule has 0 fully saturated rings. The fraction of sp³-hybridized carbons (Fsp3) is 0.0714. The van der Waals surface area contributed by atoms with Crippen LogP contribution in [0, 0.1) is 5.82 Å². The summed E-state index contributed by atoms with van der Waals surface area (Å²) < 4.78 is 13.3. The van der Waals surface area contributed by atoms with Crippen molar-refractivity contribution in [2.24, 2.45) is 0 Å². The number of halogens is 1. The van der Waals surface area contributed by atoms with E-state index in [2.05, 4.69) is 10.3 Å². The van der Waals surface area contributed by atoms with Gasteiger partial charge in [0.05, 0.1) is 6.54 Å². The van der Waals surface area contributed by atoms with Crippen molar-refractivity contribution in [1.29, 1.82) is 0 Å². The van der Waals surface area contributed by atoms with Crippen molar-refractivity contribution in [3.8, 4) is 0 Å². The summed E-state index contributed by atoms with van der Waals surface area (Å²) >= 11 is 1.15. The highest BCUT2D eigenvalue weighted by molar-refractivity contribution is 7.09. The number of nitrogens with one attached hydrogen (secondary N) is 1. The molecule has 0 aliphatic carbocycles. The molecular weight excluding hydrogens is 295 g/mol. The minimum Gasteiger partial charge on any atom is -0.476 e. The predicted octanol–water partition coefficient (Wildman–Crippen LogP) is 2.31. The molecule has 2 rings (SSSR count). The first-order valence-electron chi connectivity index (χ1n) is 5.94. The van der Waals surface area contributed by atoms with Crippen molar-refractivity contribution in [3.63, 3.8) is 0 Å². The fourth-order valence-corrected chi connectivity index (χ4v) is 2.20. The Kier molecular flexibility index (Phi) is 4.78. The molecular formula is C14H11FN2O3S. The van der Waals surface area contributed by atoms with E-state index in [0.29, 0.717) is 10.6 Å². The van der Waals surface area contributed by atoms with Gasteiger partial charge in [-0.05, 0) is 12.1 Å². The SMILES string of the molecule is O=C(C=Cc1ccccc1F)NCc1nc(C(=O)O)cs1. The quantitative estimate of drug-likeness (QED) is 0.831. The Morgan fingerprint density at radius 1 is 1.38 bits per heavy atom. The van der Waals surface area contributed by atoms with Gasteiger partial charge in [0.15, 0.2) is 5.69 Å². The summed E-state index contributed by atoms with van der Waals surface area (Å²) in [5.74, 6) is -1.93. The molecule has 1 heterocycles. The molecule has 0 unspecified atom stereocenters. The third kappa shape index (κ3) is 4.22. The Labute approximate surface area is 123 Å². The lowest BCUT2D eigenvalue weighted by Gasteiger charge is -1.99. The first-order valence-corrected chi connectivity index (χ1v) is 6.82. The first kappa shape index (κ1) is 14.9. The number of rotatable bonds is 5. The van der Waals surface area contributed by atoms with E-state index in [1.807, 2.05) is 0 Å². The number of carboxylic acids is 1. The van der Waals surface area contributed by atoms with Gasteiger partial charge in [-0.25, -0.2) is 14.2 Å². The molecule has 7 heteroatoms. The molecule has 0 aliphatic heterocycles. The van der Waals surface area contributed by atoms with Gasteiger partial charge in [0.1, 0.15) is 10.8 Å². The molecule has 21 heavy (non-hydrogen) atoms. The molecule has 0 atom stereocenters. The maximum absolute atomic E-state index is 13.3. The highest BCUT2D eigenvalue weighted by Crippen LogP contribution is 2.10. The molecule has 1 aromatic heterocycles. The summed E-state index contributed by atoms with van der Waals surface area (Å²) in [6, 6.07) is 6.10. The zero-order valence-electron chi connectivity index (χ0n) is 10.7. The van der Waals surface area contributed by atoms with Crippen molar-refractivity contribution in [2.75, 3.05) is 0 Å². The van der Waals surface area contributed by atoms with E-state index >= 15 is 0 Å². The van der Waals surface area contributed by atoms with Crippen LogP contribution in [-0.4, -0.2) is 22.0 Å². The van der Waals surface area contributed by atoms with Crippen LogP contribution < -0.4 is 5.32 Å². The van der Waals surface area contributed by atoms with E-state index in [9.17, 15) is 14.0 Å². The Balaban J connectivity index is 1.90. The van der Waals surface area contributed by atoms with Gasteiger partial charge in [-0.15, -0.1) is 11.3 Å². The maximum atomic E-state index is 13.3. The number of carbonyl (C=O) groups excluding carboxylic acids is 1. The highest BCUT2D eigenvalue weighted by Gasteiger charge is 2.08. The summed E-state index contributed by atoms with van der Waals surface area (Å²) in [7, 11) is 0. The monoisotopic (exact) mass is 306 g/mol. The van der Waals surface area contributed by atoms with Crippen LogP contribution in [0.1, 0.15) is 21.1 Å². The van der Waals surface area contributed by atoms with Gasteiger partial charge in [-0.1, -0.05) is 18.2 Å². The second-order valence-electron chi connectivity index (χ2n) is 4.00. The highest BCUT2D eigenvalue weighted by atomic mass is 32.1. The van der Waals surface area contributed by atoms with E-state index in [1.165, 1.54) is 23.6 Å². The predicted molar refractivity (Wildman–Crippen MR) is 76.4 cm³/mol. The molecule has 5 nitrogen and oxygen atoms in total. The Bertz CT molecular complexity index is 697. The number of hydrogen-bond acceptors (Lipinski definition) is 4. The van der Waals surface area contributed by atoms with Crippen LogP contribution >= 0.6 is 11.3 Å². The molecule has 0 radical (unpaired) electrons. The van der Waals surface area contributed by atoms with E-state index in [1.54, 1.807) is 18.2 Å². The Morgan fingerprint density at radius 2 is 2.14 bits per heavy atom. The van der Waals surface area contributed by atoms with Gasteiger partial charge in [0, 0.05) is 17.0 Å². The zero-order chi connectivity index (χ0) is 15.2. The average molecular weight is 306 g/mol. The lowest BCUT2D eigenvalue weighted by Crippen LogP contribution is -2.20. The van der Waals surface area contributed by atoms with Crippen molar-refractivity contribution >= 4 is 29.3 Å². The van der Waals surface area contributed by atoms with Crippen molar-refractivity contribution < 1.29 is 19.1 Å². The number of amides is 1. The van der Waals surface area contributed by atoms with Crippen molar-refractivity contribution in [3.05, 3.63) is 57.8 Å². The summed E-state index contributed by atoms with van der Waals surface area (Å²) in [6.45, 7) is 0.123. The molecule has 1 aromatic carbocycles. The van der Waals surface area contributed by atoms with Crippen LogP contribution in [0.3, 0.4) is 0 Å². The summed E-state index contributed by atoms with van der Waals surface area (Å²) in [5, 5.41) is 13.2. The normalized spacial score (nSPS) is 10.7. The van der Waals surface area contributed by atoms with Crippen LogP contribution in [-0.2, 0) is 11.3 Å². The largest absolute Gasteiger partial charge is 0.476 e. The van der Waals surface area contributed by atoms with Crippen LogP contribution in [0.15, 0.2) is 35.7 Å². The number of benzene rings is 1. The van der Waals surface area contributed by atoms with E-state index in [4.69, 9.17) is 5.11 Å². The molecule has 0 saturated heterocycles. The number of hydrogen-bond donors (Lipinski definition) is 2. The standard InChI is InChI=1S/C14H11FN2O3S/c15-10-4-2-1-3-9(10)5-6-12(18)16-7-13-17-11(8-21-13)14(19)20/h1-6,8H,7H2,(H,16,18)(H,19,20). The van der Waals surface area contributed by atoms with Crippen molar-refractivity contribution in [1.82, 2.24) is 10.3 Å². The molecule has 0 bridgehead atoms. The van der Waals surface area contributed by atoms with Gasteiger partial charge in [0.25, 0.3) is 0 Å². The number of aromatic nitrogens is 1. The number of thiazole rings is 1. The van der Waals surface area contributed by atoms with Crippen LogP contribution in [0.2, 0.25) is 0 Å². The second kappa shape index (κ2) is 6.76. The average Bonchev–Trinajstić information content (AvgIpc) is 2.93. The van der Waals surface area contributed by atoms with E-state index < -0.39 is 17.7 Å². The van der Waals surface area contributed by atoms with E-state index in [-0.39, 0.29) is 12.2 Å². The van der Waals surface area contributed by atoms with Gasteiger partial charge < -0.3 is 10.4 Å². The minimum atomic E-state index is -1.11. The lowest BCUT2D eigenvalue weighted by molar-refractivity contribution is -0.116. The summed E-state index contributed by atoms with van der Waals surface area (Å²) in [4.78, 5) is 26.1. The molecule has 108 valence electrons. The van der Waals surface area contributed by atoms with Crippen molar-refractivity contribution in [2.45, 2.75) is 6.54 Å². The molecule has 0 saturated carbocycles. The van der Waals surface area contributed by atoms with Gasteiger partial charge in [-0.3, -0.25) is 4.79 Å². The number of carbonyl (C=O) groups is 2. The van der Waals surface area contributed by atoms with Crippen LogP contribution in [0.25, 0.3) is 6.08 Å².